The first-order chi connectivity index (χ1) is 13.4. The van der Waals surface area contributed by atoms with Gasteiger partial charge in [-0.05, 0) is 12.1 Å². The Morgan fingerprint density at radius 1 is 1.07 bits per heavy atom. The Kier molecular flexibility index (Phi) is 3.82. The Labute approximate surface area is 161 Å². The Morgan fingerprint density at radius 3 is 2.43 bits per heavy atom. The monoisotopic (exact) mass is 404 g/mol. The maximum atomic E-state index is 13.2. The number of rotatable bonds is 2. The second-order valence-corrected chi connectivity index (χ2v) is 9.96. The summed E-state index contributed by atoms with van der Waals surface area (Å²) < 4.78 is 34.4. The average Bonchev–Trinajstić information content (AvgIpc) is 2.64. The maximum Gasteiger partial charge on any atom is 0.263 e. The van der Waals surface area contributed by atoms with Gasteiger partial charge in [-0.1, -0.05) is 12.1 Å². The molecule has 3 aliphatic heterocycles. The predicted octanol–water partition coefficient (Wildman–Crippen LogP) is 0.500. The van der Waals surface area contributed by atoms with Gasteiger partial charge in [-0.25, -0.2) is 8.42 Å². The number of sulfone groups is 1. The highest BCUT2D eigenvalue weighted by molar-refractivity contribution is 7.92. The number of ether oxygens (including phenoxy) is 1. The van der Waals surface area contributed by atoms with E-state index < -0.39 is 15.7 Å². The normalized spacial score (nSPS) is 22.7. The molecule has 1 spiro atoms. The average molecular weight is 404 g/mol. The molecule has 2 aromatic rings. The molecule has 0 unspecified atom stereocenters. The van der Waals surface area contributed by atoms with Crippen LogP contribution in [0, 0.1) is 5.41 Å². The van der Waals surface area contributed by atoms with Crippen molar-refractivity contribution < 1.29 is 22.4 Å². The topological polar surface area (TPSA) is 97.1 Å². The molecule has 0 aliphatic carbocycles. The van der Waals surface area contributed by atoms with Crippen molar-refractivity contribution in [3.8, 4) is 0 Å². The van der Waals surface area contributed by atoms with E-state index in [1.165, 1.54) is 0 Å². The summed E-state index contributed by atoms with van der Waals surface area (Å²) in [7, 11) is -2.97. The molecule has 0 saturated carbocycles. The van der Waals surface area contributed by atoms with E-state index in [2.05, 4.69) is 0 Å². The number of nitrogens with zero attached hydrogens (tertiary/aromatic N) is 2. The van der Waals surface area contributed by atoms with Crippen LogP contribution in [-0.2, 0) is 14.6 Å². The quantitative estimate of drug-likeness (QED) is 0.719. The summed E-state index contributed by atoms with van der Waals surface area (Å²) >= 11 is 0. The third-order valence-electron chi connectivity index (χ3n) is 5.68. The zero-order chi connectivity index (χ0) is 19.5. The number of fused-ring (bicyclic) bond motifs is 1. The lowest BCUT2D eigenvalue weighted by molar-refractivity contribution is 0.0199. The molecule has 0 N–H and O–H groups in total. The summed E-state index contributed by atoms with van der Waals surface area (Å²) in [6, 6.07) is 6.88. The molecule has 148 valence electrons. The van der Waals surface area contributed by atoms with Crippen molar-refractivity contribution in [2.45, 2.75) is 0 Å². The van der Waals surface area contributed by atoms with Gasteiger partial charge in [0, 0.05) is 31.6 Å². The number of hydrogen-bond acceptors (Lipinski definition) is 7. The van der Waals surface area contributed by atoms with Gasteiger partial charge >= 0.3 is 0 Å². The van der Waals surface area contributed by atoms with Gasteiger partial charge < -0.3 is 19.0 Å². The Balaban J connectivity index is 1.53. The number of anilines is 1. The standard InChI is InChI=1S/C19H20N2O6S/c22-16-13-3-1-2-4-14(13)27-18(20-5-7-26-8-6-20)15(16)17(23)21-9-19(10-21)11-28(24,25)12-19/h1-4H,5-12H2. The van der Waals surface area contributed by atoms with E-state index in [0.29, 0.717) is 50.4 Å². The summed E-state index contributed by atoms with van der Waals surface area (Å²) in [5, 5.41) is 0.365. The van der Waals surface area contributed by atoms with Crippen LogP contribution in [0.5, 0.6) is 0 Å². The van der Waals surface area contributed by atoms with Crippen LogP contribution < -0.4 is 10.3 Å². The largest absolute Gasteiger partial charge is 0.439 e. The SMILES string of the molecule is O=C(c1c(N2CCOCC2)oc2ccccc2c1=O)N1CC2(C1)CS(=O)(=O)C2. The molecular formula is C19H20N2O6S. The fraction of sp³-hybridized carbons (Fsp3) is 0.474. The van der Waals surface area contributed by atoms with Crippen molar-refractivity contribution in [3.63, 3.8) is 0 Å². The molecule has 3 saturated heterocycles. The smallest absolute Gasteiger partial charge is 0.263 e. The molecule has 1 aromatic heterocycles. The fourth-order valence-corrected chi connectivity index (χ4v) is 6.59. The van der Waals surface area contributed by atoms with Crippen molar-refractivity contribution in [2.24, 2.45) is 5.41 Å². The molecule has 1 amide bonds. The number of likely N-dealkylation sites (tertiary alicyclic amines) is 1. The zero-order valence-electron chi connectivity index (χ0n) is 15.2. The van der Waals surface area contributed by atoms with Crippen molar-refractivity contribution in [1.29, 1.82) is 0 Å². The Bertz CT molecular complexity index is 1110. The molecule has 1 aromatic carbocycles. The molecule has 9 heteroatoms. The van der Waals surface area contributed by atoms with Crippen molar-refractivity contribution in [2.75, 3.05) is 55.8 Å². The maximum absolute atomic E-state index is 13.2. The van der Waals surface area contributed by atoms with Crippen LogP contribution in [0.2, 0.25) is 0 Å². The first-order valence-electron chi connectivity index (χ1n) is 9.26. The number of hydrogen-bond donors (Lipinski definition) is 0. The van der Waals surface area contributed by atoms with Gasteiger partial charge in [-0.2, -0.15) is 0 Å². The van der Waals surface area contributed by atoms with E-state index in [1.807, 2.05) is 4.90 Å². The van der Waals surface area contributed by atoms with Gasteiger partial charge in [0.2, 0.25) is 11.3 Å². The highest BCUT2D eigenvalue weighted by Gasteiger charge is 2.57. The number of morpholine rings is 1. The summed E-state index contributed by atoms with van der Waals surface area (Å²) in [6.07, 6.45) is 0. The van der Waals surface area contributed by atoms with Crippen LogP contribution >= 0.6 is 0 Å². The van der Waals surface area contributed by atoms with Gasteiger partial charge in [-0.15, -0.1) is 0 Å². The van der Waals surface area contributed by atoms with E-state index >= 15 is 0 Å². The highest BCUT2D eigenvalue weighted by Crippen LogP contribution is 2.42. The van der Waals surface area contributed by atoms with Crippen LogP contribution in [0.1, 0.15) is 10.4 Å². The lowest BCUT2D eigenvalue weighted by Crippen LogP contribution is -2.69. The molecule has 0 radical (unpaired) electrons. The van der Waals surface area contributed by atoms with Crippen molar-refractivity contribution >= 4 is 32.6 Å². The third-order valence-corrected chi connectivity index (χ3v) is 7.79. The van der Waals surface area contributed by atoms with Crippen molar-refractivity contribution in [3.05, 3.63) is 40.1 Å². The first kappa shape index (κ1) is 17.7. The van der Waals surface area contributed by atoms with Gasteiger partial charge in [0.05, 0.1) is 30.1 Å². The van der Waals surface area contributed by atoms with Gasteiger partial charge in [0.15, 0.2) is 9.84 Å². The number of carbonyl (C=O) groups excluding carboxylic acids is 1. The lowest BCUT2D eigenvalue weighted by atomic mass is 9.82. The minimum Gasteiger partial charge on any atom is -0.439 e. The first-order valence-corrected chi connectivity index (χ1v) is 11.1. The van der Waals surface area contributed by atoms with E-state index in [-0.39, 0.29) is 33.8 Å². The summed E-state index contributed by atoms with van der Waals surface area (Å²) in [4.78, 5) is 29.8. The van der Waals surface area contributed by atoms with E-state index in [4.69, 9.17) is 9.15 Å². The second kappa shape index (κ2) is 6.05. The zero-order valence-corrected chi connectivity index (χ0v) is 16.0. The second-order valence-electron chi connectivity index (χ2n) is 7.90. The van der Waals surface area contributed by atoms with E-state index in [0.717, 1.165) is 0 Å². The van der Waals surface area contributed by atoms with Gasteiger partial charge in [0.25, 0.3) is 5.91 Å². The highest BCUT2D eigenvalue weighted by atomic mass is 32.2. The molecule has 4 heterocycles. The summed E-state index contributed by atoms with van der Waals surface area (Å²) in [6.45, 7) is 2.77. The fourth-order valence-electron chi connectivity index (χ4n) is 4.45. The third kappa shape index (κ3) is 2.72. The molecule has 5 rings (SSSR count). The van der Waals surface area contributed by atoms with Crippen LogP contribution in [0.4, 0.5) is 5.88 Å². The molecule has 3 fully saturated rings. The number of carbonyl (C=O) groups is 1. The minimum atomic E-state index is -2.97. The summed E-state index contributed by atoms with van der Waals surface area (Å²) in [5.41, 5.74) is -0.214. The van der Waals surface area contributed by atoms with Gasteiger partial charge in [-0.3, -0.25) is 9.59 Å². The molecule has 3 aliphatic rings. The van der Waals surface area contributed by atoms with E-state index in [9.17, 15) is 18.0 Å². The molecule has 28 heavy (non-hydrogen) atoms. The number of benzene rings is 1. The molecular weight excluding hydrogens is 384 g/mol. The van der Waals surface area contributed by atoms with Crippen LogP contribution in [0.15, 0.2) is 33.5 Å². The van der Waals surface area contributed by atoms with Gasteiger partial charge in [0.1, 0.15) is 11.1 Å². The minimum absolute atomic E-state index is 0.0256. The van der Waals surface area contributed by atoms with Crippen LogP contribution in [0.3, 0.4) is 0 Å². The molecule has 8 nitrogen and oxygen atoms in total. The molecule has 0 atom stereocenters. The number of amides is 1. The summed E-state index contributed by atoms with van der Waals surface area (Å²) in [5.74, 6) is 0.119. The van der Waals surface area contributed by atoms with E-state index in [1.54, 1.807) is 29.2 Å². The van der Waals surface area contributed by atoms with Crippen LogP contribution in [0.25, 0.3) is 11.0 Å². The van der Waals surface area contributed by atoms with Crippen LogP contribution in [-0.4, -0.2) is 70.1 Å². The predicted molar refractivity (Wildman–Crippen MR) is 103 cm³/mol. The van der Waals surface area contributed by atoms with Crippen molar-refractivity contribution in [1.82, 2.24) is 4.90 Å². The Hall–Kier alpha value is -2.39. The lowest BCUT2D eigenvalue weighted by Gasteiger charge is -2.54. The molecule has 0 bridgehead atoms. The number of para-hydroxylation sites is 1. The Morgan fingerprint density at radius 2 is 1.75 bits per heavy atom.